The fraction of sp³-hybridized carbons (Fsp3) is 0.700. The molecule has 0 amide bonds. The molecule has 8 nitrogen and oxygen atoms in total. The van der Waals surface area contributed by atoms with E-state index in [1.807, 2.05) is 27.7 Å². The first-order valence-electron chi connectivity index (χ1n) is 9.99. The Hall–Kier alpha value is -1.68. The fourth-order valence-electron chi connectivity index (χ4n) is 3.11. The Morgan fingerprint density at radius 3 is 1.40 bits per heavy atom. The summed E-state index contributed by atoms with van der Waals surface area (Å²) in [5.74, 6) is 3.06. The first kappa shape index (κ1) is 24.6. The van der Waals surface area contributed by atoms with Gasteiger partial charge in [0.05, 0.1) is 0 Å². The van der Waals surface area contributed by atoms with Gasteiger partial charge in [-0.1, -0.05) is 27.7 Å². The van der Waals surface area contributed by atoms with Crippen LogP contribution in [0.1, 0.15) is 52.1 Å². The average molecular weight is 461 g/mol. The number of H-pyrrole nitrogens is 2. The van der Waals surface area contributed by atoms with Gasteiger partial charge in [-0.15, -0.1) is 0 Å². The fourth-order valence-corrected chi connectivity index (χ4v) is 6.56. The van der Waals surface area contributed by atoms with Crippen LogP contribution >= 0.6 is 0 Å². The Kier molecular flexibility index (Phi) is 8.66. The van der Waals surface area contributed by atoms with Crippen LogP contribution in [-0.2, 0) is 34.4 Å². The molecule has 2 N–H and O–H groups in total. The normalized spacial score (nSPS) is 14.7. The molecule has 2 heterocycles. The molecule has 2 rings (SSSR count). The van der Waals surface area contributed by atoms with Crippen molar-refractivity contribution in [2.45, 2.75) is 53.4 Å². The van der Waals surface area contributed by atoms with Gasteiger partial charge in [-0.3, -0.25) is 18.0 Å². The smallest absolute Gasteiger partial charge is 0.280 e. The summed E-state index contributed by atoms with van der Waals surface area (Å²) in [6.07, 6.45) is 2.61. The van der Waals surface area contributed by atoms with Gasteiger partial charge in [0.1, 0.15) is 11.5 Å². The maximum absolute atomic E-state index is 12.3. The third-order valence-electron chi connectivity index (χ3n) is 5.01. The third-order valence-corrected chi connectivity index (χ3v) is 7.90. The van der Waals surface area contributed by atoms with E-state index in [1.54, 1.807) is 0 Å². The van der Waals surface area contributed by atoms with Crippen LogP contribution in [0.3, 0.4) is 0 Å². The van der Waals surface area contributed by atoms with E-state index in [1.165, 1.54) is 12.1 Å². The van der Waals surface area contributed by atoms with Crippen molar-refractivity contribution in [2.24, 2.45) is 10.8 Å². The lowest BCUT2D eigenvalue weighted by Crippen LogP contribution is -2.22. The predicted octanol–water partition coefficient (Wildman–Crippen LogP) is 2.36. The minimum Gasteiger partial charge on any atom is -0.384 e. The summed E-state index contributed by atoms with van der Waals surface area (Å²) >= 11 is 0. The molecule has 0 saturated heterocycles. The van der Waals surface area contributed by atoms with E-state index in [0.717, 1.165) is 12.8 Å². The van der Waals surface area contributed by atoms with Crippen LogP contribution in [0.2, 0.25) is 0 Å². The van der Waals surface area contributed by atoms with Crippen molar-refractivity contribution in [3.8, 4) is 0 Å². The van der Waals surface area contributed by atoms with E-state index in [9.17, 15) is 18.0 Å². The van der Waals surface area contributed by atoms with Gasteiger partial charge in [0.25, 0.3) is 11.1 Å². The van der Waals surface area contributed by atoms with Gasteiger partial charge < -0.3 is 9.05 Å². The lowest BCUT2D eigenvalue weighted by molar-refractivity contribution is 0.291. The highest BCUT2D eigenvalue weighted by Gasteiger charge is 2.23. The molecule has 2 aromatic heterocycles. The summed E-state index contributed by atoms with van der Waals surface area (Å²) in [6.45, 7) is 8.18. The highest BCUT2D eigenvalue weighted by molar-refractivity contribution is 7.88. The van der Waals surface area contributed by atoms with E-state index < -0.39 is 21.6 Å². The van der Waals surface area contributed by atoms with Gasteiger partial charge in [0.2, 0.25) is 0 Å². The highest BCUT2D eigenvalue weighted by atomic mass is 32.2. The molecule has 0 aliphatic rings. The largest absolute Gasteiger partial charge is 0.384 e. The van der Waals surface area contributed by atoms with Crippen LogP contribution in [0.15, 0.2) is 30.8 Å². The van der Waals surface area contributed by atoms with E-state index in [-0.39, 0.29) is 21.9 Å². The van der Waals surface area contributed by atoms with Crippen LogP contribution in [0.25, 0.3) is 0 Å². The van der Waals surface area contributed by atoms with E-state index >= 15 is 0 Å². The second kappa shape index (κ2) is 10.6. The molecular weight excluding hydrogens is 428 g/mol. The summed E-state index contributed by atoms with van der Waals surface area (Å²) in [7, 11) is -2.08. The Bertz CT molecular complexity index is 888. The number of hydrogen-bond donors (Lipinski definition) is 2. The van der Waals surface area contributed by atoms with Crippen molar-refractivity contribution in [1.29, 1.82) is 0 Å². The van der Waals surface area contributed by atoms with Crippen LogP contribution < -0.4 is 11.1 Å². The molecule has 170 valence electrons. The van der Waals surface area contributed by atoms with E-state index in [4.69, 9.17) is 9.05 Å². The Balaban J connectivity index is 1.67. The summed E-state index contributed by atoms with van der Waals surface area (Å²) in [4.78, 5) is 22.3. The molecule has 0 aromatic carbocycles. The second-order valence-corrected chi connectivity index (χ2v) is 12.6. The zero-order valence-electron chi connectivity index (χ0n) is 18.1. The molecule has 0 aliphatic heterocycles. The molecule has 0 bridgehead atoms. The van der Waals surface area contributed by atoms with Crippen molar-refractivity contribution < 1.29 is 17.5 Å². The first-order chi connectivity index (χ1) is 13.9. The summed E-state index contributed by atoms with van der Waals surface area (Å²) < 4.78 is 34.9. The standard InChI is InChI=1S/C20H32N2O6S2/c1-19(2,13-15-11-17(23)21-27-15)5-7-29(25)9-10-30(26)8-6-20(3,4)14-16-12-18(24)22-28-16/h11-12H,5-10,13-14H2,1-4H3,(H,21,23)(H,22,24). The molecule has 0 radical (unpaired) electrons. The Morgan fingerprint density at radius 2 is 1.10 bits per heavy atom. The highest BCUT2D eigenvalue weighted by Crippen LogP contribution is 2.27. The number of aromatic nitrogens is 2. The quantitative estimate of drug-likeness (QED) is 0.473. The second-order valence-electron chi connectivity index (χ2n) is 9.24. The number of rotatable bonds is 13. The summed E-state index contributed by atoms with van der Waals surface area (Å²) in [6, 6.07) is 2.88. The van der Waals surface area contributed by atoms with Crippen molar-refractivity contribution >= 4 is 21.6 Å². The number of aromatic amines is 2. The average Bonchev–Trinajstić information content (AvgIpc) is 3.23. The molecule has 0 aliphatic carbocycles. The van der Waals surface area contributed by atoms with Crippen molar-refractivity contribution in [1.82, 2.24) is 10.3 Å². The van der Waals surface area contributed by atoms with E-state index in [0.29, 0.717) is 47.4 Å². The van der Waals surface area contributed by atoms with Crippen LogP contribution in [0, 0.1) is 10.8 Å². The SMILES string of the molecule is CC(C)(CCS(=O)CCS(=O)CCC(C)(C)Cc1cc(=O)[nH]o1)Cc1cc(=O)[nH]o1. The molecule has 0 fully saturated rings. The van der Waals surface area contributed by atoms with Crippen molar-refractivity contribution in [3.05, 3.63) is 44.4 Å². The summed E-state index contributed by atoms with van der Waals surface area (Å²) in [5.41, 5.74) is -0.811. The van der Waals surface area contributed by atoms with Crippen LogP contribution in [0.4, 0.5) is 0 Å². The van der Waals surface area contributed by atoms with E-state index in [2.05, 4.69) is 10.3 Å². The van der Waals surface area contributed by atoms with Crippen LogP contribution in [0.5, 0.6) is 0 Å². The maximum Gasteiger partial charge on any atom is 0.280 e. The molecule has 2 unspecified atom stereocenters. The molecule has 30 heavy (non-hydrogen) atoms. The zero-order chi connectivity index (χ0) is 22.4. The molecule has 0 spiro atoms. The third kappa shape index (κ3) is 8.99. The number of hydrogen-bond acceptors (Lipinski definition) is 6. The lowest BCUT2D eigenvalue weighted by Gasteiger charge is -2.23. The minimum atomic E-state index is -1.04. The monoisotopic (exact) mass is 460 g/mol. The van der Waals surface area contributed by atoms with Crippen LogP contribution in [-0.4, -0.2) is 41.7 Å². The molecular formula is C20H32N2O6S2. The van der Waals surface area contributed by atoms with Gasteiger partial charge >= 0.3 is 0 Å². The van der Waals surface area contributed by atoms with Gasteiger partial charge in [-0.2, -0.15) is 10.3 Å². The number of nitrogens with one attached hydrogen (secondary N) is 2. The Morgan fingerprint density at radius 1 is 0.733 bits per heavy atom. The molecule has 2 atom stereocenters. The lowest BCUT2D eigenvalue weighted by atomic mass is 9.85. The first-order valence-corrected chi connectivity index (χ1v) is 13.0. The predicted molar refractivity (Wildman–Crippen MR) is 119 cm³/mol. The van der Waals surface area contributed by atoms with Gasteiger partial charge in [-0.25, -0.2) is 0 Å². The maximum atomic E-state index is 12.3. The topological polar surface area (TPSA) is 126 Å². The zero-order valence-corrected chi connectivity index (χ0v) is 19.7. The van der Waals surface area contributed by atoms with Crippen molar-refractivity contribution in [3.63, 3.8) is 0 Å². The van der Waals surface area contributed by atoms with Gasteiger partial charge in [-0.05, 0) is 23.7 Å². The van der Waals surface area contributed by atoms with Crippen molar-refractivity contribution in [2.75, 3.05) is 23.0 Å². The summed E-state index contributed by atoms with van der Waals surface area (Å²) in [5, 5.41) is 4.56. The molecule has 0 saturated carbocycles. The minimum absolute atomic E-state index is 0.149. The molecule has 2 aromatic rings. The van der Waals surface area contributed by atoms with Gasteiger partial charge in [0.15, 0.2) is 0 Å². The Labute approximate surface area is 181 Å². The van der Waals surface area contributed by atoms with Gasteiger partial charge in [0, 0.05) is 69.6 Å². The molecule has 10 heteroatoms.